The fourth-order valence-electron chi connectivity index (χ4n) is 2.77. The SMILES string of the molecule is COc1cc(NC(=S)c2cc([Si](C)(C)C)cc([Si](C)(C)C)c2)ccc1C(=O)O. The Kier molecular flexibility index (Phi) is 6.53. The molecule has 0 radical (unpaired) electrons. The number of hydrogen-bond donors (Lipinski definition) is 2. The summed E-state index contributed by atoms with van der Waals surface area (Å²) in [6, 6.07) is 11.7. The number of nitrogens with one attached hydrogen (secondary N) is 1. The Labute approximate surface area is 175 Å². The predicted octanol–water partition coefficient (Wildman–Crippen LogP) is 4.27. The average molecular weight is 432 g/mol. The van der Waals surface area contributed by atoms with E-state index in [1.807, 2.05) is 0 Å². The van der Waals surface area contributed by atoms with Crippen LogP contribution in [0.15, 0.2) is 36.4 Å². The molecule has 0 unspecified atom stereocenters. The standard InChI is InChI=1S/C21H29NO3SSi2/c1-25-19-12-15(8-9-18(19)21(23)24)22-20(26)14-10-16(27(2,3)4)13-17(11-14)28(5,6)7/h8-13H,1-7H3,(H,22,26)(H,23,24). The van der Waals surface area contributed by atoms with Crippen LogP contribution in [-0.4, -0.2) is 39.3 Å². The number of thiocarbonyl (C=S) groups is 1. The van der Waals surface area contributed by atoms with Gasteiger partial charge in [0.25, 0.3) is 0 Å². The van der Waals surface area contributed by atoms with E-state index in [4.69, 9.17) is 17.0 Å². The van der Waals surface area contributed by atoms with Gasteiger partial charge < -0.3 is 15.2 Å². The van der Waals surface area contributed by atoms with Crippen LogP contribution in [0.25, 0.3) is 0 Å². The highest BCUT2D eigenvalue weighted by molar-refractivity contribution is 7.81. The zero-order valence-electron chi connectivity index (χ0n) is 17.6. The average Bonchev–Trinajstić information content (AvgIpc) is 2.59. The summed E-state index contributed by atoms with van der Waals surface area (Å²) in [6.45, 7) is 14.0. The van der Waals surface area contributed by atoms with Crippen molar-refractivity contribution in [3.8, 4) is 5.75 Å². The summed E-state index contributed by atoms with van der Waals surface area (Å²) in [4.78, 5) is 11.9. The summed E-state index contributed by atoms with van der Waals surface area (Å²) in [6.07, 6.45) is 0. The fourth-order valence-corrected chi connectivity index (χ4v) is 5.51. The third kappa shape index (κ3) is 5.30. The quantitative estimate of drug-likeness (QED) is 0.528. The first-order chi connectivity index (χ1) is 12.8. The molecule has 4 nitrogen and oxygen atoms in total. The molecule has 0 bridgehead atoms. The molecule has 2 rings (SSSR count). The number of rotatable bonds is 6. The first kappa shape index (κ1) is 22.3. The molecule has 2 aromatic rings. The van der Waals surface area contributed by atoms with Crippen molar-refractivity contribution in [1.29, 1.82) is 0 Å². The summed E-state index contributed by atoms with van der Waals surface area (Å²) in [5, 5.41) is 15.3. The molecular formula is C21H29NO3SSi2. The van der Waals surface area contributed by atoms with Crippen LogP contribution in [0.5, 0.6) is 5.75 Å². The van der Waals surface area contributed by atoms with Crippen LogP contribution >= 0.6 is 12.2 Å². The molecule has 0 spiro atoms. The molecule has 0 atom stereocenters. The van der Waals surface area contributed by atoms with Crippen molar-refractivity contribution in [2.45, 2.75) is 39.3 Å². The zero-order chi connectivity index (χ0) is 21.3. The number of methoxy groups -OCH3 is 1. The number of ether oxygens (including phenoxy) is 1. The number of carbonyl (C=O) groups is 1. The number of aromatic carboxylic acids is 1. The number of benzene rings is 2. The molecule has 0 aliphatic carbocycles. The van der Waals surface area contributed by atoms with E-state index in [9.17, 15) is 9.90 Å². The molecule has 2 aromatic carbocycles. The van der Waals surface area contributed by atoms with Crippen molar-refractivity contribution in [1.82, 2.24) is 0 Å². The summed E-state index contributed by atoms with van der Waals surface area (Å²) in [7, 11) is -1.54. The molecule has 150 valence electrons. The number of carboxylic acid groups (broad SMARTS) is 1. The van der Waals surface area contributed by atoms with Crippen molar-refractivity contribution < 1.29 is 14.6 Å². The highest BCUT2D eigenvalue weighted by atomic mass is 32.1. The molecule has 0 amide bonds. The Morgan fingerprint density at radius 2 is 1.50 bits per heavy atom. The lowest BCUT2D eigenvalue weighted by Crippen LogP contribution is -2.45. The fraction of sp³-hybridized carbons (Fsp3) is 0.333. The first-order valence-electron chi connectivity index (χ1n) is 9.21. The van der Waals surface area contributed by atoms with Gasteiger partial charge in [0, 0.05) is 17.3 Å². The third-order valence-corrected chi connectivity index (χ3v) is 9.00. The van der Waals surface area contributed by atoms with Crippen LogP contribution in [0.2, 0.25) is 39.3 Å². The van der Waals surface area contributed by atoms with Gasteiger partial charge in [0.1, 0.15) is 16.3 Å². The van der Waals surface area contributed by atoms with E-state index < -0.39 is 22.1 Å². The molecule has 0 heterocycles. The lowest BCUT2D eigenvalue weighted by molar-refractivity contribution is 0.0693. The Hall–Kier alpha value is -1.97. The molecule has 2 N–H and O–H groups in total. The molecule has 0 saturated carbocycles. The van der Waals surface area contributed by atoms with Gasteiger partial charge in [0.05, 0.1) is 23.3 Å². The minimum absolute atomic E-state index is 0.126. The summed E-state index contributed by atoms with van der Waals surface area (Å²) in [5.41, 5.74) is 1.84. The maximum Gasteiger partial charge on any atom is 0.339 e. The van der Waals surface area contributed by atoms with Crippen LogP contribution in [0, 0.1) is 0 Å². The first-order valence-corrected chi connectivity index (χ1v) is 16.6. The highest BCUT2D eigenvalue weighted by Gasteiger charge is 2.23. The van der Waals surface area contributed by atoms with E-state index in [2.05, 4.69) is 62.8 Å². The lowest BCUT2D eigenvalue weighted by Gasteiger charge is -2.24. The van der Waals surface area contributed by atoms with Crippen LogP contribution in [-0.2, 0) is 0 Å². The minimum Gasteiger partial charge on any atom is -0.496 e. The third-order valence-electron chi connectivity index (χ3n) is 4.62. The molecule has 0 saturated heterocycles. The van der Waals surface area contributed by atoms with E-state index in [1.54, 1.807) is 12.1 Å². The molecule has 7 heteroatoms. The van der Waals surface area contributed by atoms with Gasteiger partial charge in [0.15, 0.2) is 0 Å². The van der Waals surface area contributed by atoms with Gasteiger partial charge in [-0.2, -0.15) is 0 Å². The predicted molar refractivity (Wildman–Crippen MR) is 128 cm³/mol. The van der Waals surface area contributed by atoms with E-state index >= 15 is 0 Å². The van der Waals surface area contributed by atoms with Crippen LogP contribution in [0.4, 0.5) is 5.69 Å². The van der Waals surface area contributed by atoms with E-state index in [1.165, 1.54) is 23.5 Å². The maximum absolute atomic E-state index is 11.3. The van der Waals surface area contributed by atoms with Crippen LogP contribution < -0.4 is 20.4 Å². The van der Waals surface area contributed by atoms with Crippen LogP contribution in [0.1, 0.15) is 15.9 Å². The topological polar surface area (TPSA) is 58.6 Å². The monoisotopic (exact) mass is 431 g/mol. The second kappa shape index (κ2) is 8.18. The normalized spacial score (nSPS) is 11.8. The Balaban J connectivity index is 2.42. The smallest absolute Gasteiger partial charge is 0.339 e. The van der Waals surface area contributed by atoms with Crippen molar-refractivity contribution in [3.05, 3.63) is 47.5 Å². The van der Waals surface area contributed by atoms with Crippen molar-refractivity contribution >= 4 is 55.4 Å². The van der Waals surface area contributed by atoms with E-state index in [0.29, 0.717) is 16.4 Å². The van der Waals surface area contributed by atoms with Gasteiger partial charge in [-0.15, -0.1) is 0 Å². The zero-order valence-corrected chi connectivity index (χ0v) is 20.5. The molecule has 0 aliphatic heterocycles. The lowest BCUT2D eigenvalue weighted by atomic mass is 10.1. The number of carboxylic acids is 1. The highest BCUT2D eigenvalue weighted by Crippen LogP contribution is 2.24. The Bertz CT molecular complexity index is 883. The largest absolute Gasteiger partial charge is 0.496 e. The van der Waals surface area contributed by atoms with Gasteiger partial charge in [-0.25, -0.2) is 4.79 Å². The van der Waals surface area contributed by atoms with Gasteiger partial charge >= 0.3 is 5.97 Å². The Morgan fingerprint density at radius 3 is 1.93 bits per heavy atom. The number of anilines is 1. The molecule has 0 aliphatic rings. The summed E-state index contributed by atoms with van der Waals surface area (Å²) < 4.78 is 5.21. The van der Waals surface area contributed by atoms with E-state index in [-0.39, 0.29) is 5.56 Å². The van der Waals surface area contributed by atoms with Gasteiger partial charge in [-0.1, -0.05) is 80.1 Å². The van der Waals surface area contributed by atoms with Gasteiger partial charge in [-0.05, 0) is 12.1 Å². The second-order valence-electron chi connectivity index (χ2n) is 8.97. The molecular weight excluding hydrogens is 402 g/mol. The minimum atomic E-state index is -1.50. The van der Waals surface area contributed by atoms with Gasteiger partial charge in [-0.3, -0.25) is 0 Å². The van der Waals surface area contributed by atoms with Crippen LogP contribution in [0.3, 0.4) is 0 Å². The van der Waals surface area contributed by atoms with E-state index in [0.717, 1.165) is 5.56 Å². The summed E-state index contributed by atoms with van der Waals surface area (Å²) >= 11 is 5.69. The van der Waals surface area contributed by atoms with Gasteiger partial charge in [0.2, 0.25) is 0 Å². The molecule has 28 heavy (non-hydrogen) atoms. The van der Waals surface area contributed by atoms with Crippen molar-refractivity contribution in [3.63, 3.8) is 0 Å². The van der Waals surface area contributed by atoms with Crippen molar-refractivity contribution in [2.75, 3.05) is 12.4 Å². The Morgan fingerprint density at radius 1 is 0.964 bits per heavy atom. The van der Waals surface area contributed by atoms with Crippen molar-refractivity contribution in [2.24, 2.45) is 0 Å². The number of hydrogen-bond acceptors (Lipinski definition) is 3. The summed E-state index contributed by atoms with van der Waals surface area (Å²) in [5.74, 6) is -0.715. The molecule has 0 fully saturated rings. The second-order valence-corrected chi connectivity index (χ2v) is 19.5. The maximum atomic E-state index is 11.3. The molecule has 0 aromatic heterocycles.